The minimum atomic E-state index is -0.105. The Kier molecular flexibility index (Phi) is 5.60. The molecule has 2 aliphatic rings. The first-order valence-corrected chi connectivity index (χ1v) is 10.0. The molecule has 0 spiro atoms. The van der Waals surface area contributed by atoms with Crippen LogP contribution in [0.3, 0.4) is 0 Å². The standard InChI is InChI=1S/C21H25ClN4O/c22-17-6-4-16(5-7-17)15-19-21(27)24-11-14-26(19)18-8-12-25(13-9-18)20-3-1-2-10-23-20/h1-7,10,18-19H,8-9,11-15H2,(H,24,27)/t19-/m0/s1. The number of anilines is 1. The zero-order chi connectivity index (χ0) is 18.6. The van der Waals surface area contributed by atoms with Crippen molar-refractivity contribution in [3.8, 4) is 0 Å². The fraction of sp³-hybridized carbons (Fsp3) is 0.429. The molecular formula is C21H25ClN4O. The molecule has 0 saturated carbocycles. The lowest BCUT2D eigenvalue weighted by Crippen LogP contribution is -2.60. The van der Waals surface area contributed by atoms with E-state index in [2.05, 4.69) is 26.2 Å². The molecule has 0 aliphatic carbocycles. The summed E-state index contributed by atoms with van der Waals surface area (Å²) < 4.78 is 0. The first-order chi connectivity index (χ1) is 13.2. The number of amides is 1. The number of nitrogens with zero attached hydrogens (tertiary/aromatic N) is 3. The molecule has 3 heterocycles. The van der Waals surface area contributed by atoms with Crippen LogP contribution in [0.4, 0.5) is 5.82 Å². The van der Waals surface area contributed by atoms with Crippen LogP contribution in [0.25, 0.3) is 0 Å². The molecule has 2 aromatic rings. The Labute approximate surface area is 165 Å². The SMILES string of the molecule is O=C1NCCN(C2CCN(c3ccccn3)CC2)[C@H]1Cc1ccc(Cl)cc1. The second kappa shape index (κ2) is 8.28. The highest BCUT2D eigenvalue weighted by molar-refractivity contribution is 6.30. The summed E-state index contributed by atoms with van der Waals surface area (Å²) in [6.45, 7) is 3.61. The lowest BCUT2D eigenvalue weighted by molar-refractivity contribution is -0.130. The molecule has 2 aliphatic heterocycles. The molecule has 6 heteroatoms. The van der Waals surface area contributed by atoms with E-state index in [4.69, 9.17) is 11.6 Å². The zero-order valence-electron chi connectivity index (χ0n) is 15.4. The van der Waals surface area contributed by atoms with Gasteiger partial charge >= 0.3 is 0 Å². The number of hydrogen-bond acceptors (Lipinski definition) is 4. The van der Waals surface area contributed by atoms with E-state index in [0.29, 0.717) is 6.04 Å². The number of aromatic nitrogens is 1. The van der Waals surface area contributed by atoms with E-state index in [1.165, 1.54) is 0 Å². The Bertz CT molecular complexity index is 760. The van der Waals surface area contributed by atoms with Crippen LogP contribution in [0.1, 0.15) is 18.4 Å². The van der Waals surface area contributed by atoms with Crippen LogP contribution in [-0.4, -0.2) is 54.1 Å². The molecule has 2 saturated heterocycles. The lowest BCUT2D eigenvalue weighted by Gasteiger charge is -2.44. The minimum absolute atomic E-state index is 0.105. The number of piperidine rings is 1. The van der Waals surface area contributed by atoms with Crippen molar-refractivity contribution in [1.82, 2.24) is 15.2 Å². The second-order valence-corrected chi connectivity index (χ2v) is 7.72. The molecule has 0 bridgehead atoms. The van der Waals surface area contributed by atoms with Gasteiger partial charge in [-0.25, -0.2) is 4.98 Å². The van der Waals surface area contributed by atoms with Gasteiger partial charge in [0.15, 0.2) is 0 Å². The summed E-state index contributed by atoms with van der Waals surface area (Å²) in [6.07, 6.45) is 4.68. The Morgan fingerprint density at radius 2 is 1.85 bits per heavy atom. The highest BCUT2D eigenvalue weighted by Gasteiger charge is 2.36. The van der Waals surface area contributed by atoms with Crippen LogP contribution in [0.5, 0.6) is 0 Å². The molecule has 1 aromatic heterocycles. The predicted octanol–water partition coefficient (Wildman–Crippen LogP) is 2.75. The van der Waals surface area contributed by atoms with Crippen LogP contribution in [0.15, 0.2) is 48.7 Å². The van der Waals surface area contributed by atoms with Crippen LogP contribution < -0.4 is 10.2 Å². The molecule has 1 atom stereocenters. The largest absolute Gasteiger partial charge is 0.357 e. The normalized spacial score (nSPS) is 21.9. The summed E-state index contributed by atoms with van der Waals surface area (Å²) in [7, 11) is 0. The van der Waals surface area contributed by atoms with E-state index in [1.807, 2.05) is 42.6 Å². The molecule has 0 unspecified atom stereocenters. The molecule has 2 fully saturated rings. The number of nitrogens with one attached hydrogen (secondary N) is 1. The quantitative estimate of drug-likeness (QED) is 0.880. The van der Waals surface area contributed by atoms with Gasteiger partial charge in [-0.05, 0) is 49.1 Å². The first-order valence-electron chi connectivity index (χ1n) is 9.64. The Morgan fingerprint density at radius 1 is 1.07 bits per heavy atom. The monoisotopic (exact) mass is 384 g/mol. The molecular weight excluding hydrogens is 360 g/mol. The van der Waals surface area contributed by atoms with Gasteiger partial charge in [0, 0.05) is 43.4 Å². The maximum Gasteiger partial charge on any atom is 0.237 e. The number of benzene rings is 1. The fourth-order valence-electron chi connectivity index (χ4n) is 4.19. The molecule has 27 heavy (non-hydrogen) atoms. The smallest absolute Gasteiger partial charge is 0.237 e. The van der Waals surface area contributed by atoms with Crippen LogP contribution >= 0.6 is 11.6 Å². The number of rotatable bonds is 4. The maximum absolute atomic E-state index is 12.6. The number of carbonyl (C=O) groups is 1. The van der Waals surface area contributed by atoms with E-state index in [0.717, 1.165) is 61.8 Å². The molecule has 5 nitrogen and oxygen atoms in total. The summed E-state index contributed by atoms with van der Waals surface area (Å²) in [6, 6.07) is 14.2. The third kappa shape index (κ3) is 4.25. The Morgan fingerprint density at radius 3 is 2.56 bits per heavy atom. The van der Waals surface area contributed by atoms with E-state index in [-0.39, 0.29) is 11.9 Å². The average Bonchev–Trinajstić information content (AvgIpc) is 2.72. The van der Waals surface area contributed by atoms with Crippen molar-refractivity contribution in [3.05, 3.63) is 59.2 Å². The van der Waals surface area contributed by atoms with Crippen molar-refractivity contribution in [2.24, 2.45) is 0 Å². The van der Waals surface area contributed by atoms with Crippen molar-refractivity contribution >= 4 is 23.3 Å². The first kappa shape index (κ1) is 18.3. The summed E-state index contributed by atoms with van der Waals surface area (Å²) in [5.74, 6) is 1.19. The van der Waals surface area contributed by atoms with Gasteiger partial charge in [-0.2, -0.15) is 0 Å². The van der Waals surface area contributed by atoms with Gasteiger partial charge in [-0.1, -0.05) is 29.8 Å². The van der Waals surface area contributed by atoms with Gasteiger partial charge in [0.1, 0.15) is 5.82 Å². The highest BCUT2D eigenvalue weighted by atomic mass is 35.5. The number of hydrogen-bond donors (Lipinski definition) is 1. The molecule has 1 N–H and O–H groups in total. The number of pyridine rings is 1. The van der Waals surface area contributed by atoms with Crippen molar-refractivity contribution in [3.63, 3.8) is 0 Å². The number of halogens is 1. The van der Waals surface area contributed by atoms with E-state index in [9.17, 15) is 4.79 Å². The van der Waals surface area contributed by atoms with Crippen LogP contribution in [-0.2, 0) is 11.2 Å². The van der Waals surface area contributed by atoms with Crippen molar-refractivity contribution < 1.29 is 4.79 Å². The maximum atomic E-state index is 12.6. The number of carbonyl (C=O) groups excluding carboxylic acids is 1. The van der Waals surface area contributed by atoms with Gasteiger partial charge in [0.2, 0.25) is 5.91 Å². The van der Waals surface area contributed by atoms with Gasteiger partial charge in [0.25, 0.3) is 0 Å². The molecule has 1 amide bonds. The van der Waals surface area contributed by atoms with Gasteiger partial charge in [0.05, 0.1) is 6.04 Å². The van der Waals surface area contributed by atoms with Gasteiger partial charge < -0.3 is 10.2 Å². The summed E-state index contributed by atoms with van der Waals surface area (Å²) in [4.78, 5) is 21.8. The summed E-state index contributed by atoms with van der Waals surface area (Å²) >= 11 is 6.00. The highest BCUT2D eigenvalue weighted by Crippen LogP contribution is 2.25. The Balaban J connectivity index is 1.43. The van der Waals surface area contributed by atoms with Gasteiger partial charge in [-0.15, -0.1) is 0 Å². The van der Waals surface area contributed by atoms with Crippen LogP contribution in [0, 0.1) is 0 Å². The van der Waals surface area contributed by atoms with E-state index in [1.54, 1.807) is 0 Å². The minimum Gasteiger partial charge on any atom is -0.357 e. The predicted molar refractivity (Wildman–Crippen MR) is 108 cm³/mol. The van der Waals surface area contributed by atoms with E-state index >= 15 is 0 Å². The lowest BCUT2D eigenvalue weighted by atomic mass is 9.96. The van der Waals surface area contributed by atoms with Crippen molar-refractivity contribution in [2.45, 2.75) is 31.3 Å². The third-order valence-electron chi connectivity index (χ3n) is 5.62. The van der Waals surface area contributed by atoms with Crippen LogP contribution in [0.2, 0.25) is 5.02 Å². The summed E-state index contributed by atoms with van der Waals surface area (Å²) in [5.41, 5.74) is 1.15. The zero-order valence-corrected chi connectivity index (χ0v) is 16.1. The molecule has 0 radical (unpaired) electrons. The molecule has 4 rings (SSSR count). The van der Waals surface area contributed by atoms with E-state index < -0.39 is 0 Å². The molecule has 1 aromatic carbocycles. The molecule has 142 valence electrons. The van der Waals surface area contributed by atoms with Crippen molar-refractivity contribution in [2.75, 3.05) is 31.1 Å². The Hall–Kier alpha value is -2.11. The fourth-order valence-corrected chi connectivity index (χ4v) is 4.32. The van der Waals surface area contributed by atoms with Gasteiger partial charge in [-0.3, -0.25) is 9.69 Å². The topological polar surface area (TPSA) is 48.5 Å². The second-order valence-electron chi connectivity index (χ2n) is 7.28. The number of piperazine rings is 1. The summed E-state index contributed by atoms with van der Waals surface area (Å²) in [5, 5.41) is 3.77. The average molecular weight is 385 g/mol. The third-order valence-corrected chi connectivity index (χ3v) is 5.87. The van der Waals surface area contributed by atoms with Crippen molar-refractivity contribution in [1.29, 1.82) is 0 Å².